The number of carbonyl (C=O) groups is 1. The summed E-state index contributed by atoms with van der Waals surface area (Å²) in [5, 5.41) is 6.21. The summed E-state index contributed by atoms with van der Waals surface area (Å²) >= 11 is 0. The van der Waals surface area contributed by atoms with Gasteiger partial charge in [0.05, 0.1) is 11.0 Å². The molecule has 122 valence electrons. The van der Waals surface area contributed by atoms with Crippen molar-refractivity contribution < 1.29 is 4.79 Å². The molecule has 4 rings (SSSR count). The molecule has 0 radical (unpaired) electrons. The van der Waals surface area contributed by atoms with Crippen molar-refractivity contribution in [2.75, 3.05) is 18.4 Å². The third-order valence-electron chi connectivity index (χ3n) is 4.75. The Hall–Kier alpha value is -2.66. The average molecular weight is 320 g/mol. The normalized spacial score (nSPS) is 15.9. The van der Waals surface area contributed by atoms with Gasteiger partial charge in [0.2, 0.25) is 5.91 Å². The molecule has 1 saturated heterocycles. The molecule has 1 fully saturated rings. The summed E-state index contributed by atoms with van der Waals surface area (Å²) in [4.78, 5) is 20.2. The van der Waals surface area contributed by atoms with E-state index in [1.807, 2.05) is 55.5 Å². The number of nitrogens with zero attached hydrogens (tertiary/aromatic N) is 1. The van der Waals surface area contributed by atoms with E-state index in [1.165, 1.54) is 0 Å². The first-order chi connectivity index (χ1) is 11.7. The molecular weight excluding hydrogens is 300 g/mol. The fourth-order valence-electron chi connectivity index (χ4n) is 2.94. The van der Waals surface area contributed by atoms with Crippen molar-refractivity contribution in [2.45, 2.75) is 6.92 Å². The molecule has 1 aliphatic heterocycles. The molecule has 5 heteroatoms. The Bertz CT molecular complexity index is 831. The minimum atomic E-state index is 0.0290. The van der Waals surface area contributed by atoms with Gasteiger partial charge in [-0.15, -0.1) is 0 Å². The second-order valence-electron chi connectivity index (χ2n) is 6.38. The molecule has 1 aliphatic rings. The number of benzene rings is 2. The first kappa shape index (κ1) is 14.9. The SMILES string of the molecule is CC(C(=O)Nc1ccc(-c2nc3ccccc3[nH]2)cc1)C1CNC1. The van der Waals surface area contributed by atoms with Gasteiger partial charge in [-0.3, -0.25) is 4.79 Å². The van der Waals surface area contributed by atoms with Crippen LogP contribution in [0.3, 0.4) is 0 Å². The van der Waals surface area contributed by atoms with E-state index in [2.05, 4.69) is 20.6 Å². The molecule has 24 heavy (non-hydrogen) atoms. The van der Waals surface area contributed by atoms with Gasteiger partial charge in [-0.2, -0.15) is 0 Å². The van der Waals surface area contributed by atoms with Gasteiger partial charge in [-0.25, -0.2) is 4.98 Å². The quantitative estimate of drug-likeness (QED) is 0.692. The summed E-state index contributed by atoms with van der Waals surface area (Å²) in [5.41, 5.74) is 3.79. The lowest BCUT2D eigenvalue weighted by atomic mass is 9.88. The molecule has 1 aromatic heterocycles. The maximum absolute atomic E-state index is 12.3. The zero-order chi connectivity index (χ0) is 16.5. The second kappa shape index (κ2) is 6.09. The van der Waals surface area contributed by atoms with Crippen LogP contribution < -0.4 is 10.6 Å². The maximum Gasteiger partial charge on any atom is 0.227 e. The Morgan fingerprint density at radius 3 is 2.58 bits per heavy atom. The Kier molecular flexibility index (Phi) is 3.78. The molecule has 2 heterocycles. The first-order valence-electron chi connectivity index (χ1n) is 8.27. The number of anilines is 1. The topological polar surface area (TPSA) is 69.8 Å². The molecule has 3 N–H and O–H groups in total. The Balaban J connectivity index is 1.48. The number of imidazole rings is 1. The Labute approximate surface area is 140 Å². The predicted molar refractivity (Wildman–Crippen MR) is 95.7 cm³/mol. The van der Waals surface area contributed by atoms with E-state index in [0.717, 1.165) is 41.2 Å². The van der Waals surface area contributed by atoms with Crippen LogP contribution in [0.2, 0.25) is 0 Å². The smallest absolute Gasteiger partial charge is 0.227 e. The summed E-state index contributed by atoms with van der Waals surface area (Å²) in [6.45, 7) is 3.85. The standard InChI is InChI=1S/C19H20N4O/c1-12(14-10-20-11-14)19(24)21-15-8-6-13(7-9-15)18-22-16-4-2-3-5-17(16)23-18/h2-9,12,14,20H,10-11H2,1H3,(H,21,24)(H,22,23). The van der Waals surface area contributed by atoms with E-state index < -0.39 is 0 Å². The van der Waals surface area contributed by atoms with E-state index in [4.69, 9.17) is 0 Å². The fraction of sp³-hybridized carbons (Fsp3) is 0.263. The van der Waals surface area contributed by atoms with Crippen LogP contribution in [-0.4, -0.2) is 29.0 Å². The Morgan fingerprint density at radius 1 is 1.17 bits per heavy atom. The lowest BCUT2D eigenvalue weighted by Crippen LogP contribution is -2.48. The Morgan fingerprint density at radius 2 is 1.92 bits per heavy atom. The molecule has 2 aromatic carbocycles. The van der Waals surface area contributed by atoms with Crippen molar-refractivity contribution in [1.29, 1.82) is 0 Å². The number of rotatable bonds is 4. The first-order valence-corrected chi connectivity index (χ1v) is 8.27. The van der Waals surface area contributed by atoms with Gasteiger partial charge in [-0.05, 0) is 55.4 Å². The largest absolute Gasteiger partial charge is 0.338 e. The highest BCUT2D eigenvalue weighted by atomic mass is 16.1. The molecular formula is C19H20N4O. The number of fused-ring (bicyclic) bond motifs is 1. The van der Waals surface area contributed by atoms with Crippen LogP contribution in [0.5, 0.6) is 0 Å². The average Bonchev–Trinajstić information content (AvgIpc) is 2.98. The molecule has 0 saturated carbocycles. The number of hydrogen-bond acceptors (Lipinski definition) is 3. The summed E-state index contributed by atoms with van der Waals surface area (Å²) in [6, 6.07) is 15.8. The third-order valence-corrected chi connectivity index (χ3v) is 4.75. The molecule has 0 spiro atoms. The van der Waals surface area contributed by atoms with Crippen molar-refractivity contribution in [3.05, 3.63) is 48.5 Å². The highest BCUT2D eigenvalue weighted by molar-refractivity contribution is 5.93. The lowest BCUT2D eigenvalue weighted by molar-refractivity contribution is -0.121. The molecule has 5 nitrogen and oxygen atoms in total. The van der Waals surface area contributed by atoms with Crippen molar-refractivity contribution in [3.63, 3.8) is 0 Å². The van der Waals surface area contributed by atoms with Crippen molar-refractivity contribution in [1.82, 2.24) is 15.3 Å². The monoisotopic (exact) mass is 320 g/mol. The van der Waals surface area contributed by atoms with Crippen LogP contribution in [0.25, 0.3) is 22.4 Å². The van der Waals surface area contributed by atoms with E-state index in [9.17, 15) is 4.79 Å². The van der Waals surface area contributed by atoms with Crippen LogP contribution >= 0.6 is 0 Å². The van der Waals surface area contributed by atoms with Crippen LogP contribution in [0.15, 0.2) is 48.5 Å². The highest BCUT2D eigenvalue weighted by Crippen LogP contribution is 2.23. The number of nitrogens with one attached hydrogen (secondary N) is 3. The number of carbonyl (C=O) groups excluding carboxylic acids is 1. The van der Waals surface area contributed by atoms with Gasteiger partial charge in [0.25, 0.3) is 0 Å². The predicted octanol–water partition coefficient (Wildman–Crippen LogP) is 3.02. The summed E-state index contributed by atoms with van der Waals surface area (Å²) in [5.74, 6) is 1.39. The van der Waals surface area contributed by atoms with Gasteiger partial charge < -0.3 is 15.6 Å². The number of aromatic nitrogens is 2. The number of para-hydroxylation sites is 2. The van der Waals surface area contributed by atoms with Gasteiger partial charge in [0, 0.05) is 17.2 Å². The minimum absolute atomic E-state index is 0.0290. The maximum atomic E-state index is 12.3. The van der Waals surface area contributed by atoms with Gasteiger partial charge in [0.1, 0.15) is 5.82 Å². The van der Waals surface area contributed by atoms with Crippen molar-refractivity contribution in [3.8, 4) is 11.4 Å². The van der Waals surface area contributed by atoms with E-state index >= 15 is 0 Å². The molecule has 0 aliphatic carbocycles. The fourth-order valence-corrected chi connectivity index (χ4v) is 2.94. The van der Waals surface area contributed by atoms with Gasteiger partial charge in [-0.1, -0.05) is 19.1 Å². The summed E-state index contributed by atoms with van der Waals surface area (Å²) in [6.07, 6.45) is 0. The zero-order valence-corrected chi connectivity index (χ0v) is 13.5. The number of H-pyrrole nitrogens is 1. The minimum Gasteiger partial charge on any atom is -0.338 e. The third kappa shape index (κ3) is 2.78. The van der Waals surface area contributed by atoms with E-state index in [1.54, 1.807) is 0 Å². The molecule has 0 bridgehead atoms. The second-order valence-corrected chi connectivity index (χ2v) is 6.38. The summed E-state index contributed by atoms with van der Waals surface area (Å²) in [7, 11) is 0. The zero-order valence-electron chi connectivity index (χ0n) is 13.5. The highest BCUT2D eigenvalue weighted by Gasteiger charge is 2.28. The molecule has 3 aromatic rings. The lowest BCUT2D eigenvalue weighted by Gasteiger charge is -2.31. The van der Waals surface area contributed by atoms with Crippen molar-refractivity contribution >= 4 is 22.6 Å². The number of aromatic amines is 1. The van der Waals surface area contributed by atoms with Gasteiger partial charge >= 0.3 is 0 Å². The van der Waals surface area contributed by atoms with Crippen LogP contribution in [0, 0.1) is 11.8 Å². The van der Waals surface area contributed by atoms with Gasteiger partial charge in [0.15, 0.2) is 0 Å². The van der Waals surface area contributed by atoms with E-state index in [-0.39, 0.29) is 11.8 Å². The van der Waals surface area contributed by atoms with E-state index in [0.29, 0.717) is 5.92 Å². The van der Waals surface area contributed by atoms with Crippen LogP contribution in [0.1, 0.15) is 6.92 Å². The molecule has 1 atom stereocenters. The molecule has 1 amide bonds. The van der Waals surface area contributed by atoms with Crippen LogP contribution in [0.4, 0.5) is 5.69 Å². The molecule has 1 unspecified atom stereocenters. The van der Waals surface area contributed by atoms with Crippen molar-refractivity contribution in [2.24, 2.45) is 11.8 Å². The number of hydrogen-bond donors (Lipinski definition) is 3. The number of amides is 1. The summed E-state index contributed by atoms with van der Waals surface area (Å²) < 4.78 is 0. The van der Waals surface area contributed by atoms with Crippen LogP contribution in [-0.2, 0) is 4.79 Å².